The van der Waals surface area contributed by atoms with Gasteiger partial charge in [0.1, 0.15) is 11.5 Å². The number of rotatable bonds is 5. The third-order valence-electron chi connectivity index (χ3n) is 3.27. The molecule has 3 nitrogen and oxygen atoms in total. The first-order valence-corrected chi connectivity index (χ1v) is 8.05. The molecule has 2 N–H and O–H groups in total. The minimum absolute atomic E-state index is 0.164. The average molecular weight is 415 g/mol. The monoisotopic (exact) mass is 413 g/mol. The molecule has 0 radical (unpaired) electrons. The average Bonchev–Trinajstić information content (AvgIpc) is 2.49. The molecule has 0 heterocycles. The summed E-state index contributed by atoms with van der Waals surface area (Å²) in [7, 11) is 3.28. The zero-order valence-electron chi connectivity index (χ0n) is 11.9. The number of hydrogen-bond donors (Lipinski definition) is 1. The van der Waals surface area contributed by atoms with Crippen LogP contribution in [0.25, 0.3) is 0 Å². The van der Waals surface area contributed by atoms with Crippen LogP contribution in [0.2, 0.25) is 0 Å². The molecule has 0 spiro atoms. The minimum atomic E-state index is -0.164. The molecule has 0 aliphatic heterocycles. The number of hydrogen-bond acceptors (Lipinski definition) is 3. The molecule has 0 bridgehead atoms. The Morgan fingerprint density at radius 3 is 2.19 bits per heavy atom. The normalized spacial score (nSPS) is 12.0. The lowest BCUT2D eigenvalue weighted by atomic mass is 9.98. The van der Waals surface area contributed by atoms with E-state index in [0.29, 0.717) is 0 Å². The van der Waals surface area contributed by atoms with Crippen molar-refractivity contribution in [2.75, 3.05) is 14.2 Å². The van der Waals surface area contributed by atoms with Gasteiger partial charge >= 0.3 is 0 Å². The molecule has 2 rings (SSSR count). The molecule has 0 aliphatic carbocycles. The van der Waals surface area contributed by atoms with Crippen molar-refractivity contribution in [3.63, 3.8) is 0 Å². The van der Waals surface area contributed by atoms with Gasteiger partial charge in [-0.3, -0.25) is 0 Å². The summed E-state index contributed by atoms with van der Waals surface area (Å²) < 4.78 is 12.7. The fraction of sp³-hybridized carbons (Fsp3) is 0.250. The summed E-state index contributed by atoms with van der Waals surface area (Å²) in [5.41, 5.74) is 8.46. The maximum absolute atomic E-state index is 6.35. The minimum Gasteiger partial charge on any atom is -0.496 e. The fourth-order valence-electron chi connectivity index (χ4n) is 2.16. The first-order chi connectivity index (χ1) is 10.0. The second-order valence-electron chi connectivity index (χ2n) is 4.67. The zero-order chi connectivity index (χ0) is 15.4. The summed E-state index contributed by atoms with van der Waals surface area (Å²) in [4.78, 5) is 0. The summed E-state index contributed by atoms with van der Waals surface area (Å²) in [6.45, 7) is 0. The van der Waals surface area contributed by atoms with Gasteiger partial charge in [0.25, 0.3) is 0 Å². The van der Waals surface area contributed by atoms with E-state index >= 15 is 0 Å². The second kappa shape index (κ2) is 7.29. The molecule has 0 fully saturated rings. The molecule has 0 aromatic heterocycles. The summed E-state index contributed by atoms with van der Waals surface area (Å²) in [6.07, 6.45) is 0.731. The van der Waals surface area contributed by atoms with E-state index in [-0.39, 0.29) is 6.04 Å². The quantitative estimate of drug-likeness (QED) is 0.784. The van der Waals surface area contributed by atoms with E-state index in [1.807, 2.05) is 24.3 Å². The lowest BCUT2D eigenvalue weighted by Gasteiger charge is -2.18. The van der Waals surface area contributed by atoms with Crippen LogP contribution in [0.1, 0.15) is 17.2 Å². The van der Waals surface area contributed by atoms with E-state index in [2.05, 4.69) is 44.0 Å². The smallest absolute Gasteiger partial charge is 0.133 e. The predicted molar refractivity (Wildman–Crippen MR) is 92.0 cm³/mol. The van der Waals surface area contributed by atoms with Crippen LogP contribution >= 0.6 is 31.9 Å². The third kappa shape index (κ3) is 3.99. The Morgan fingerprint density at radius 1 is 1.00 bits per heavy atom. The molecule has 2 aromatic rings. The van der Waals surface area contributed by atoms with Crippen LogP contribution in [-0.4, -0.2) is 14.2 Å². The number of benzene rings is 2. The summed E-state index contributed by atoms with van der Waals surface area (Å²) in [5, 5.41) is 0. The van der Waals surface area contributed by atoms with Gasteiger partial charge in [0.05, 0.1) is 18.7 Å². The van der Waals surface area contributed by atoms with Crippen molar-refractivity contribution in [3.8, 4) is 11.5 Å². The molecular weight excluding hydrogens is 398 g/mol. The number of halogens is 2. The van der Waals surface area contributed by atoms with Crippen molar-refractivity contribution < 1.29 is 9.47 Å². The van der Waals surface area contributed by atoms with Gasteiger partial charge in [-0.25, -0.2) is 0 Å². The highest BCUT2D eigenvalue weighted by Gasteiger charge is 2.16. The molecule has 21 heavy (non-hydrogen) atoms. The first kappa shape index (κ1) is 16.3. The lowest BCUT2D eigenvalue weighted by Crippen LogP contribution is -2.14. The summed E-state index contributed by atoms with van der Waals surface area (Å²) in [5.74, 6) is 1.50. The van der Waals surface area contributed by atoms with Gasteiger partial charge in [-0.05, 0) is 52.2 Å². The van der Waals surface area contributed by atoms with Crippen LogP contribution < -0.4 is 15.2 Å². The SMILES string of the molecule is COc1cc(C(N)Cc2ccc(Br)cc2)c(OC)cc1Br. The van der Waals surface area contributed by atoms with Gasteiger partial charge < -0.3 is 15.2 Å². The van der Waals surface area contributed by atoms with E-state index in [1.54, 1.807) is 14.2 Å². The van der Waals surface area contributed by atoms with Crippen LogP contribution in [0.4, 0.5) is 0 Å². The highest BCUT2D eigenvalue weighted by molar-refractivity contribution is 9.10. The van der Waals surface area contributed by atoms with Crippen molar-refractivity contribution in [1.29, 1.82) is 0 Å². The van der Waals surface area contributed by atoms with E-state index < -0.39 is 0 Å². The molecule has 1 atom stereocenters. The molecule has 112 valence electrons. The zero-order valence-corrected chi connectivity index (χ0v) is 15.1. The van der Waals surface area contributed by atoms with Gasteiger partial charge in [-0.2, -0.15) is 0 Å². The lowest BCUT2D eigenvalue weighted by molar-refractivity contribution is 0.393. The van der Waals surface area contributed by atoms with Crippen molar-refractivity contribution in [3.05, 3.63) is 56.5 Å². The predicted octanol–water partition coefficient (Wildman–Crippen LogP) is 4.47. The Hall–Kier alpha value is -1.04. The molecule has 5 heteroatoms. The molecule has 0 saturated heterocycles. The maximum Gasteiger partial charge on any atom is 0.133 e. The summed E-state index contributed by atoms with van der Waals surface area (Å²) in [6, 6.07) is 11.8. The largest absolute Gasteiger partial charge is 0.496 e. The van der Waals surface area contributed by atoms with Gasteiger partial charge in [0.2, 0.25) is 0 Å². The molecule has 0 aliphatic rings. The third-order valence-corrected chi connectivity index (χ3v) is 4.42. The summed E-state index contributed by atoms with van der Waals surface area (Å²) >= 11 is 6.89. The standard InChI is InChI=1S/C16H17Br2NO2/c1-20-15-9-13(18)16(21-2)8-12(15)14(19)7-10-3-5-11(17)6-4-10/h3-6,8-9,14H,7,19H2,1-2H3. The molecule has 2 aromatic carbocycles. The Labute approximate surface area is 141 Å². The Bertz CT molecular complexity index is 614. The maximum atomic E-state index is 6.35. The molecule has 0 saturated carbocycles. The van der Waals surface area contributed by atoms with E-state index in [0.717, 1.165) is 32.4 Å². The topological polar surface area (TPSA) is 44.5 Å². The highest BCUT2D eigenvalue weighted by atomic mass is 79.9. The van der Waals surface area contributed by atoms with Crippen molar-refractivity contribution in [2.24, 2.45) is 5.73 Å². The highest BCUT2D eigenvalue weighted by Crippen LogP contribution is 2.36. The van der Waals surface area contributed by atoms with Gasteiger partial charge in [0, 0.05) is 16.1 Å². The van der Waals surface area contributed by atoms with Gasteiger partial charge in [0.15, 0.2) is 0 Å². The first-order valence-electron chi connectivity index (χ1n) is 6.46. The molecule has 1 unspecified atom stereocenters. The van der Waals surface area contributed by atoms with Crippen molar-refractivity contribution in [2.45, 2.75) is 12.5 Å². The van der Waals surface area contributed by atoms with Crippen LogP contribution in [-0.2, 0) is 6.42 Å². The number of ether oxygens (including phenoxy) is 2. The molecular formula is C16H17Br2NO2. The van der Waals surface area contributed by atoms with Crippen LogP contribution in [0.5, 0.6) is 11.5 Å². The van der Waals surface area contributed by atoms with E-state index in [4.69, 9.17) is 15.2 Å². The van der Waals surface area contributed by atoms with E-state index in [1.165, 1.54) is 5.56 Å². The second-order valence-corrected chi connectivity index (χ2v) is 6.44. The molecule has 0 amide bonds. The Morgan fingerprint density at radius 2 is 1.62 bits per heavy atom. The van der Waals surface area contributed by atoms with Crippen molar-refractivity contribution in [1.82, 2.24) is 0 Å². The van der Waals surface area contributed by atoms with E-state index in [9.17, 15) is 0 Å². The number of nitrogens with two attached hydrogens (primary N) is 1. The fourth-order valence-corrected chi connectivity index (χ4v) is 2.91. The van der Waals surface area contributed by atoms with Crippen LogP contribution in [0.3, 0.4) is 0 Å². The van der Waals surface area contributed by atoms with Gasteiger partial charge in [-0.1, -0.05) is 28.1 Å². The van der Waals surface area contributed by atoms with Crippen LogP contribution in [0.15, 0.2) is 45.3 Å². The van der Waals surface area contributed by atoms with Crippen molar-refractivity contribution >= 4 is 31.9 Å². The Balaban J connectivity index is 2.29. The Kier molecular flexibility index (Phi) is 5.67. The number of methoxy groups -OCH3 is 2. The van der Waals surface area contributed by atoms with Gasteiger partial charge in [-0.15, -0.1) is 0 Å². The van der Waals surface area contributed by atoms with Crippen LogP contribution in [0, 0.1) is 0 Å².